The zero-order valence-electron chi connectivity index (χ0n) is 18.4. The second kappa shape index (κ2) is 9.85. The van der Waals surface area contributed by atoms with Crippen LogP contribution in [0.25, 0.3) is 0 Å². The molecule has 0 saturated carbocycles. The number of ether oxygens (including phenoxy) is 2. The van der Waals surface area contributed by atoms with Crippen LogP contribution in [0.1, 0.15) is 52.2 Å². The van der Waals surface area contributed by atoms with E-state index in [1.165, 1.54) is 0 Å². The lowest BCUT2D eigenvalue weighted by Crippen LogP contribution is -2.39. The van der Waals surface area contributed by atoms with E-state index in [0.717, 1.165) is 22.4 Å². The number of pyridine rings is 1. The van der Waals surface area contributed by atoms with Crippen molar-refractivity contribution in [2.75, 3.05) is 19.8 Å². The predicted octanol–water partition coefficient (Wildman–Crippen LogP) is 3.14. The molecule has 168 valence electrons. The Labute approximate surface area is 186 Å². The third-order valence-corrected chi connectivity index (χ3v) is 5.64. The number of H-pyrrole nitrogens is 1. The summed E-state index contributed by atoms with van der Waals surface area (Å²) in [5.74, 6) is 0.195. The molecule has 0 bridgehead atoms. The summed E-state index contributed by atoms with van der Waals surface area (Å²) in [5, 5.41) is 9.30. The summed E-state index contributed by atoms with van der Waals surface area (Å²) in [6, 6.07) is 3.72. The highest BCUT2D eigenvalue weighted by Gasteiger charge is 2.31. The first-order chi connectivity index (χ1) is 14.7. The molecule has 0 saturated heterocycles. The van der Waals surface area contributed by atoms with Crippen LogP contribution < -0.4 is 10.3 Å². The van der Waals surface area contributed by atoms with Crippen LogP contribution in [0.4, 0.5) is 0 Å². The third-order valence-electron chi connectivity index (χ3n) is 5.26. The topological polar surface area (TPSA) is 91.9 Å². The molecule has 0 fully saturated rings. The highest BCUT2D eigenvalue weighted by molar-refractivity contribution is 6.35. The molecule has 0 unspecified atom stereocenters. The minimum absolute atomic E-state index is 0.0811. The summed E-state index contributed by atoms with van der Waals surface area (Å²) in [6.07, 6.45) is 0.467. The minimum Gasteiger partial charge on any atom is -0.489 e. The van der Waals surface area contributed by atoms with Crippen molar-refractivity contribution >= 4 is 17.5 Å². The molecule has 3 rings (SSSR count). The van der Waals surface area contributed by atoms with Gasteiger partial charge in [-0.3, -0.25) is 9.59 Å². The number of aliphatic hydroxyl groups excluding tert-OH is 1. The zero-order valence-corrected chi connectivity index (χ0v) is 19.1. The van der Waals surface area contributed by atoms with E-state index < -0.39 is 0 Å². The molecule has 0 aliphatic carbocycles. The maximum absolute atomic E-state index is 13.4. The zero-order chi connectivity index (χ0) is 22.7. The number of carbonyl (C=O) groups excluding carboxylic acids is 1. The molecule has 1 aromatic carbocycles. The van der Waals surface area contributed by atoms with Gasteiger partial charge in [-0.1, -0.05) is 11.6 Å². The highest BCUT2D eigenvalue weighted by Crippen LogP contribution is 2.38. The number of carbonyl (C=O) groups is 1. The van der Waals surface area contributed by atoms with Gasteiger partial charge in [-0.05, 0) is 62.9 Å². The maximum atomic E-state index is 13.4. The van der Waals surface area contributed by atoms with Gasteiger partial charge in [0, 0.05) is 17.8 Å². The van der Waals surface area contributed by atoms with E-state index in [1.807, 2.05) is 39.8 Å². The molecular formula is C23H29ClN2O5. The van der Waals surface area contributed by atoms with Crippen LogP contribution in [0, 0.1) is 13.8 Å². The van der Waals surface area contributed by atoms with Crippen LogP contribution in [0.15, 0.2) is 16.9 Å². The normalized spacial score (nSPS) is 13.6. The van der Waals surface area contributed by atoms with E-state index in [2.05, 4.69) is 4.98 Å². The Kier molecular flexibility index (Phi) is 7.41. The molecule has 1 aliphatic rings. The molecule has 1 aromatic heterocycles. The van der Waals surface area contributed by atoms with Gasteiger partial charge < -0.3 is 24.5 Å². The summed E-state index contributed by atoms with van der Waals surface area (Å²) in [6.45, 7) is 8.52. The number of nitrogens with zero attached hydrogens (tertiary/aromatic N) is 1. The quantitative estimate of drug-likeness (QED) is 0.605. The Balaban J connectivity index is 1.99. The predicted molar refractivity (Wildman–Crippen MR) is 119 cm³/mol. The van der Waals surface area contributed by atoms with E-state index in [1.54, 1.807) is 4.90 Å². The van der Waals surface area contributed by atoms with Crippen LogP contribution in [0.3, 0.4) is 0 Å². The van der Waals surface area contributed by atoms with Crippen LogP contribution in [-0.2, 0) is 24.3 Å². The number of hydrogen-bond acceptors (Lipinski definition) is 5. The lowest BCUT2D eigenvalue weighted by atomic mass is 9.93. The van der Waals surface area contributed by atoms with Crippen LogP contribution in [-0.4, -0.2) is 46.8 Å². The second-order valence-electron chi connectivity index (χ2n) is 8.06. The van der Waals surface area contributed by atoms with Crippen LogP contribution in [0.2, 0.25) is 5.02 Å². The number of rotatable bonds is 8. The van der Waals surface area contributed by atoms with E-state index >= 15 is 0 Å². The summed E-state index contributed by atoms with van der Waals surface area (Å²) >= 11 is 6.63. The average molecular weight is 449 g/mol. The van der Waals surface area contributed by atoms with Gasteiger partial charge in [0.15, 0.2) is 0 Å². The lowest BCUT2D eigenvalue weighted by molar-refractivity contribution is 0.0712. The van der Waals surface area contributed by atoms with Crippen molar-refractivity contribution in [2.45, 2.75) is 53.4 Å². The van der Waals surface area contributed by atoms with E-state index in [9.17, 15) is 9.59 Å². The molecule has 2 heterocycles. The van der Waals surface area contributed by atoms with Crippen molar-refractivity contribution in [1.29, 1.82) is 0 Å². The number of amides is 1. The number of fused-ring (bicyclic) bond motifs is 1. The van der Waals surface area contributed by atoms with Crippen molar-refractivity contribution < 1.29 is 19.4 Å². The molecule has 0 atom stereocenters. The summed E-state index contributed by atoms with van der Waals surface area (Å²) in [7, 11) is 0. The maximum Gasteiger partial charge on any atom is 0.256 e. The fourth-order valence-corrected chi connectivity index (χ4v) is 4.17. The molecular weight excluding hydrogens is 420 g/mol. The van der Waals surface area contributed by atoms with Crippen molar-refractivity contribution in [2.24, 2.45) is 0 Å². The van der Waals surface area contributed by atoms with Gasteiger partial charge in [-0.25, -0.2) is 0 Å². The number of aryl methyl sites for hydroxylation is 2. The molecule has 2 aromatic rings. The first-order valence-electron chi connectivity index (χ1n) is 10.4. The van der Waals surface area contributed by atoms with Crippen LogP contribution in [0.5, 0.6) is 5.75 Å². The Morgan fingerprint density at radius 1 is 1.26 bits per heavy atom. The largest absolute Gasteiger partial charge is 0.489 e. The van der Waals surface area contributed by atoms with Gasteiger partial charge in [0.05, 0.1) is 43.1 Å². The van der Waals surface area contributed by atoms with Gasteiger partial charge in [0.2, 0.25) is 0 Å². The Morgan fingerprint density at radius 2 is 2.00 bits per heavy atom. The molecule has 8 heteroatoms. The van der Waals surface area contributed by atoms with Gasteiger partial charge in [-0.2, -0.15) is 0 Å². The Bertz CT molecular complexity index is 1030. The second-order valence-corrected chi connectivity index (χ2v) is 8.44. The smallest absolute Gasteiger partial charge is 0.256 e. The number of aromatic amines is 1. The molecule has 2 N–H and O–H groups in total. The SMILES string of the molecule is Cc1cc(C)c(CN2CCc3c(COCCO)cc(OC(C)C)c(Cl)c3C2=O)c(=O)[nH]1. The Morgan fingerprint density at radius 3 is 2.65 bits per heavy atom. The third kappa shape index (κ3) is 5.11. The lowest BCUT2D eigenvalue weighted by Gasteiger charge is -2.31. The first kappa shape index (κ1) is 23.3. The molecule has 1 amide bonds. The standard InChI is InChI=1S/C23H29ClN2O5/c1-13(2)31-19-10-16(12-30-8-7-27)17-5-6-26(23(29)20(17)21(19)24)11-18-14(3)9-15(4)25-22(18)28/h9-10,13,27H,5-8,11-12H2,1-4H3,(H,25,28). The summed E-state index contributed by atoms with van der Waals surface area (Å²) in [5.41, 5.74) is 4.07. The average Bonchev–Trinajstić information content (AvgIpc) is 2.68. The van der Waals surface area contributed by atoms with E-state index in [4.69, 9.17) is 26.2 Å². The summed E-state index contributed by atoms with van der Waals surface area (Å²) < 4.78 is 11.4. The fraction of sp³-hybridized carbons (Fsp3) is 0.478. The van der Waals surface area contributed by atoms with Crippen molar-refractivity contribution in [1.82, 2.24) is 9.88 Å². The van der Waals surface area contributed by atoms with Crippen molar-refractivity contribution in [3.8, 4) is 5.75 Å². The van der Waals surface area contributed by atoms with Gasteiger partial charge >= 0.3 is 0 Å². The highest BCUT2D eigenvalue weighted by atomic mass is 35.5. The van der Waals surface area contributed by atoms with Crippen LogP contribution >= 0.6 is 11.6 Å². The molecule has 31 heavy (non-hydrogen) atoms. The monoisotopic (exact) mass is 448 g/mol. The van der Waals surface area contributed by atoms with Gasteiger partial charge in [0.1, 0.15) is 5.75 Å². The van der Waals surface area contributed by atoms with Gasteiger partial charge in [-0.15, -0.1) is 0 Å². The summed E-state index contributed by atoms with van der Waals surface area (Å²) in [4.78, 5) is 30.4. The van der Waals surface area contributed by atoms with Crippen molar-refractivity contribution in [3.63, 3.8) is 0 Å². The fourth-order valence-electron chi connectivity index (χ4n) is 3.87. The first-order valence-corrected chi connectivity index (χ1v) is 10.8. The minimum atomic E-state index is -0.233. The molecule has 1 aliphatic heterocycles. The molecule has 0 spiro atoms. The number of hydrogen-bond donors (Lipinski definition) is 2. The number of nitrogens with one attached hydrogen (secondary N) is 1. The van der Waals surface area contributed by atoms with E-state index in [-0.39, 0.29) is 49.0 Å². The van der Waals surface area contributed by atoms with Gasteiger partial charge in [0.25, 0.3) is 11.5 Å². The number of benzene rings is 1. The Hall–Kier alpha value is -2.35. The number of halogens is 1. The molecule has 7 nitrogen and oxygen atoms in total. The molecule has 0 radical (unpaired) electrons. The number of aromatic nitrogens is 1. The number of aliphatic hydroxyl groups is 1. The van der Waals surface area contributed by atoms with E-state index in [0.29, 0.717) is 29.8 Å². The van der Waals surface area contributed by atoms with Crippen molar-refractivity contribution in [3.05, 3.63) is 61.0 Å².